The Hall–Kier alpha value is -2.73. The average Bonchev–Trinajstić information content (AvgIpc) is 0.936. The summed E-state index contributed by atoms with van der Waals surface area (Å²) in [6.45, 7) is 15.5. The van der Waals surface area contributed by atoms with Crippen molar-refractivity contribution in [3.05, 3.63) is 0 Å². The topological polar surface area (TPSA) is 150 Å². The molecule has 0 aromatic rings. The van der Waals surface area contributed by atoms with Gasteiger partial charge in [-0.2, -0.15) is 0 Å². The number of ether oxygens (including phenoxy) is 7. The largest absolute Gasteiger partial charge is 0.462 e. The normalized spacial score (nSPS) is 12.5. The lowest BCUT2D eigenvalue weighted by atomic mass is 10.0. The third kappa shape index (κ3) is 87.9. The predicted molar refractivity (Wildman–Crippen MR) is 471 cm³/mol. The lowest BCUT2D eigenvalue weighted by Gasteiger charge is -2.23. The highest BCUT2D eigenvalue weighted by Gasteiger charge is 2.24. The molecule has 2 unspecified atom stereocenters. The summed E-state index contributed by atoms with van der Waals surface area (Å²) in [5.74, 6) is -0.0592. The molecule has 12 heteroatoms. The van der Waals surface area contributed by atoms with Gasteiger partial charge in [-0.25, -0.2) is 0 Å². The second kappa shape index (κ2) is 89.6. The van der Waals surface area contributed by atoms with Crippen LogP contribution in [-0.4, -0.2) is 87.8 Å². The molecule has 0 fully saturated rings. The molecular formula is C99H190O12. The van der Waals surface area contributed by atoms with Crippen molar-refractivity contribution in [2.45, 2.75) is 555 Å². The van der Waals surface area contributed by atoms with Gasteiger partial charge in [0.15, 0.2) is 12.2 Å². The van der Waals surface area contributed by atoms with Gasteiger partial charge in [-0.05, 0) is 43.9 Å². The smallest absolute Gasteiger partial charge is 0.306 e. The Morgan fingerprint density at radius 1 is 0.180 bits per heavy atom. The van der Waals surface area contributed by atoms with Gasteiger partial charge in [0.25, 0.3) is 0 Å². The van der Waals surface area contributed by atoms with E-state index in [1.54, 1.807) is 0 Å². The lowest BCUT2D eigenvalue weighted by molar-refractivity contribution is -0.169. The first-order valence-corrected chi connectivity index (χ1v) is 49.4. The number of carbonyl (C=O) groups excluding carboxylic acids is 5. The van der Waals surface area contributed by atoms with Crippen LogP contribution < -0.4 is 0 Å². The van der Waals surface area contributed by atoms with E-state index in [4.69, 9.17) is 33.2 Å². The fraction of sp³-hybridized carbons (Fsp3) is 0.949. The van der Waals surface area contributed by atoms with Gasteiger partial charge in [0.2, 0.25) is 0 Å². The third-order valence-corrected chi connectivity index (χ3v) is 22.7. The quantitative estimate of drug-likeness (QED) is 0.0324. The first-order valence-electron chi connectivity index (χ1n) is 49.4. The van der Waals surface area contributed by atoms with Gasteiger partial charge in [0, 0.05) is 32.1 Å². The van der Waals surface area contributed by atoms with Gasteiger partial charge >= 0.3 is 29.8 Å². The van der Waals surface area contributed by atoms with Crippen LogP contribution in [0.25, 0.3) is 0 Å². The zero-order valence-electron chi connectivity index (χ0n) is 75.3. The van der Waals surface area contributed by atoms with Crippen molar-refractivity contribution < 1.29 is 57.1 Å². The van der Waals surface area contributed by atoms with E-state index in [0.717, 1.165) is 108 Å². The van der Waals surface area contributed by atoms with Gasteiger partial charge in [0.05, 0.1) is 26.4 Å². The molecule has 0 N–H and O–H groups in total. The zero-order valence-corrected chi connectivity index (χ0v) is 75.3. The first-order chi connectivity index (χ1) is 54.4. The number of hydrogen-bond donors (Lipinski definition) is 0. The van der Waals surface area contributed by atoms with Crippen LogP contribution in [0, 0.1) is 11.8 Å². The molecular weight excluding hydrogens is 1380 g/mol. The summed E-state index contributed by atoms with van der Waals surface area (Å²) in [6.07, 6.45) is 86.4. The maximum atomic E-state index is 13.7. The van der Waals surface area contributed by atoms with Crippen molar-refractivity contribution >= 4 is 29.8 Å². The Labute approximate surface area is 689 Å². The molecule has 0 aromatic heterocycles. The van der Waals surface area contributed by atoms with E-state index in [9.17, 15) is 24.0 Å². The molecule has 0 bridgehead atoms. The summed E-state index contributed by atoms with van der Waals surface area (Å²) in [7, 11) is 0. The van der Waals surface area contributed by atoms with Crippen LogP contribution in [0.1, 0.15) is 536 Å². The molecule has 0 aliphatic rings. The molecule has 2 atom stereocenters. The molecule has 0 amide bonds. The van der Waals surface area contributed by atoms with Crippen LogP contribution >= 0.6 is 0 Å². The van der Waals surface area contributed by atoms with E-state index in [1.165, 1.54) is 353 Å². The standard InChI is InChI=1S/C99H190O12/c1-8-11-14-17-20-23-26-29-32-35-46-53-60-67-74-81-97(102)109-92(84-105-86-93(110-98(103)82-75-68-61-54-47-36-33-30-27-24-21-18-15-12-9-2)88-107-95(100)79-72-65-58-51-44-40-38-42-49-56-63-70-77-90(4)5)85-106-87-94(111-99(104)83-76-69-62-55-48-37-34-31-28-25-22-19-16-13-10-3)89-108-96(101)80-73-66-59-52-45-41-39-43-50-57-64-71-78-91(6)7/h90-94H,8-89H2,1-7H3. The third-order valence-electron chi connectivity index (χ3n) is 22.7. The van der Waals surface area contributed by atoms with Crippen molar-refractivity contribution in [1.29, 1.82) is 0 Å². The molecule has 0 aliphatic heterocycles. The highest BCUT2D eigenvalue weighted by Crippen LogP contribution is 2.22. The summed E-state index contributed by atoms with van der Waals surface area (Å²) in [5, 5.41) is 0. The molecule has 0 rings (SSSR count). The van der Waals surface area contributed by atoms with E-state index >= 15 is 0 Å². The Morgan fingerprint density at radius 3 is 0.495 bits per heavy atom. The maximum absolute atomic E-state index is 13.7. The highest BCUT2D eigenvalue weighted by molar-refractivity contribution is 5.71. The van der Waals surface area contributed by atoms with Gasteiger partial charge in [-0.1, -0.05) is 472 Å². The molecule has 12 nitrogen and oxygen atoms in total. The SMILES string of the molecule is CCCCCCCCCCCCCCCCCC(=O)OC(COCC(COC(=O)CCCCCCCCCCCCCCC(C)C)OC(=O)CCCCCCCCCCCCCCCCC)COCC(COC(=O)CCCCCCCCCCCCCCC(C)C)OC(=O)CCCCCCCCCCCCCCCCC. The Kier molecular flexibility index (Phi) is 87.4. The molecule has 658 valence electrons. The molecule has 0 heterocycles. The summed E-state index contributed by atoms with van der Waals surface area (Å²) in [5.41, 5.74) is 0. The number of carbonyl (C=O) groups is 5. The van der Waals surface area contributed by atoms with Crippen LogP contribution in [0.15, 0.2) is 0 Å². The highest BCUT2D eigenvalue weighted by atomic mass is 16.6. The number of esters is 5. The summed E-state index contributed by atoms with van der Waals surface area (Å²) in [4.78, 5) is 67.3. The van der Waals surface area contributed by atoms with Gasteiger partial charge in [-0.15, -0.1) is 0 Å². The Bertz CT molecular complexity index is 1810. The number of hydrogen-bond acceptors (Lipinski definition) is 12. The van der Waals surface area contributed by atoms with E-state index in [2.05, 4.69) is 48.5 Å². The van der Waals surface area contributed by atoms with Gasteiger partial charge < -0.3 is 33.2 Å². The fourth-order valence-electron chi connectivity index (χ4n) is 15.4. The summed E-state index contributed by atoms with van der Waals surface area (Å²) >= 11 is 0. The molecule has 0 aromatic carbocycles. The molecule has 0 radical (unpaired) electrons. The monoisotopic (exact) mass is 1570 g/mol. The van der Waals surface area contributed by atoms with E-state index < -0.39 is 18.3 Å². The molecule has 111 heavy (non-hydrogen) atoms. The van der Waals surface area contributed by atoms with Crippen LogP contribution in [0.4, 0.5) is 0 Å². The van der Waals surface area contributed by atoms with E-state index in [0.29, 0.717) is 19.3 Å². The summed E-state index contributed by atoms with van der Waals surface area (Å²) < 4.78 is 42.4. The van der Waals surface area contributed by atoms with Crippen LogP contribution in [-0.2, 0) is 57.1 Å². The van der Waals surface area contributed by atoms with Crippen LogP contribution in [0.2, 0.25) is 0 Å². The lowest BCUT2D eigenvalue weighted by Crippen LogP contribution is -2.35. The average molecular weight is 1570 g/mol. The van der Waals surface area contributed by atoms with Crippen LogP contribution in [0.3, 0.4) is 0 Å². The Balaban J connectivity index is 6.00. The molecule has 0 aliphatic carbocycles. The molecule has 0 saturated carbocycles. The second-order valence-electron chi connectivity index (χ2n) is 35.2. The van der Waals surface area contributed by atoms with E-state index in [1.807, 2.05) is 0 Å². The van der Waals surface area contributed by atoms with Crippen molar-refractivity contribution in [3.63, 3.8) is 0 Å². The van der Waals surface area contributed by atoms with E-state index in [-0.39, 0.29) is 88.8 Å². The number of unbranched alkanes of at least 4 members (excludes halogenated alkanes) is 64. The van der Waals surface area contributed by atoms with Gasteiger partial charge in [-0.3, -0.25) is 24.0 Å². The summed E-state index contributed by atoms with van der Waals surface area (Å²) in [6, 6.07) is 0. The zero-order chi connectivity index (χ0) is 80.7. The van der Waals surface area contributed by atoms with Crippen molar-refractivity contribution in [3.8, 4) is 0 Å². The van der Waals surface area contributed by atoms with Gasteiger partial charge in [0.1, 0.15) is 19.3 Å². The minimum Gasteiger partial charge on any atom is -0.462 e. The van der Waals surface area contributed by atoms with Crippen LogP contribution in [0.5, 0.6) is 0 Å². The number of rotatable bonds is 93. The second-order valence-corrected chi connectivity index (χ2v) is 35.2. The first kappa shape index (κ1) is 108. The minimum absolute atomic E-state index is 0.0681. The Morgan fingerprint density at radius 2 is 0.324 bits per heavy atom. The predicted octanol–water partition coefficient (Wildman–Crippen LogP) is 30.9. The van der Waals surface area contributed by atoms with Crippen molar-refractivity contribution in [2.24, 2.45) is 11.8 Å². The maximum Gasteiger partial charge on any atom is 0.306 e. The fourth-order valence-corrected chi connectivity index (χ4v) is 15.4. The minimum atomic E-state index is -0.854. The molecule has 0 spiro atoms. The van der Waals surface area contributed by atoms with Crippen molar-refractivity contribution in [1.82, 2.24) is 0 Å². The molecule has 0 saturated heterocycles. The van der Waals surface area contributed by atoms with Crippen molar-refractivity contribution in [2.75, 3.05) is 39.6 Å².